The smallest absolute Gasteiger partial charge is 0.332 e. The van der Waals surface area contributed by atoms with Crippen LogP contribution in [-0.2, 0) is 16.6 Å². The number of aromatic nitrogens is 3. The molecule has 0 bridgehead atoms. The zero-order valence-corrected chi connectivity index (χ0v) is 9.68. The van der Waals surface area contributed by atoms with Gasteiger partial charge in [-0.2, -0.15) is 0 Å². The summed E-state index contributed by atoms with van der Waals surface area (Å²) < 4.78 is 7.21. The molecule has 2 atom stereocenters. The molecule has 1 aliphatic heterocycles. The van der Waals surface area contributed by atoms with E-state index in [0.29, 0.717) is 6.42 Å². The Morgan fingerprint density at radius 3 is 3.12 bits per heavy atom. The fourth-order valence-corrected chi connectivity index (χ4v) is 2.52. The molecule has 1 aromatic heterocycles. The van der Waals surface area contributed by atoms with Gasteiger partial charge in [-0.1, -0.05) is 11.8 Å². The first-order chi connectivity index (χ1) is 7.66. The molecule has 2 rings (SSSR count). The molecular formula is C9H13N3O3S. The van der Waals surface area contributed by atoms with Crippen LogP contribution in [0.3, 0.4) is 0 Å². The Morgan fingerprint density at radius 1 is 1.75 bits per heavy atom. The highest BCUT2D eigenvalue weighted by Crippen LogP contribution is 2.25. The van der Waals surface area contributed by atoms with E-state index in [2.05, 4.69) is 10.2 Å². The minimum atomic E-state index is -0.869. The summed E-state index contributed by atoms with van der Waals surface area (Å²) in [5.74, 6) is -0.151. The summed E-state index contributed by atoms with van der Waals surface area (Å²) in [6, 6.07) is 0. The summed E-state index contributed by atoms with van der Waals surface area (Å²) in [4.78, 5) is 10.7. The standard InChI is InChI=1S/C9H13N3O3S/c1-12-5-10-11-9(12)16-4-6-2-3-7(15-6)8(13)14/h5-7H,2-4H2,1H3,(H,13,14). The Kier molecular flexibility index (Phi) is 3.45. The summed E-state index contributed by atoms with van der Waals surface area (Å²) in [7, 11) is 1.87. The number of carbonyl (C=O) groups is 1. The van der Waals surface area contributed by atoms with E-state index in [9.17, 15) is 4.79 Å². The number of ether oxygens (including phenoxy) is 1. The van der Waals surface area contributed by atoms with Crippen LogP contribution in [0.4, 0.5) is 0 Å². The summed E-state index contributed by atoms with van der Waals surface area (Å²) in [5, 5.41) is 17.3. The fourth-order valence-electron chi connectivity index (χ4n) is 1.58. The van der Waals surface area contributed by atoms with Gasteiger partial charge < -0.3 is 14.4 Å². The molecule has 0 saturated carbocycles. The summed E-state index contributed by atoms with van der Waals surface area (Å²) in [6.07, 6.45) is 2.40. The highest BCUT2D eigenvalue weighted by molar-refractivity contribution is 7.99. The minimum Gasteiger partial charge on any atom is -0.479 e. The van der Waals surface area contributed by atoms with E-state index >= 15 is 0 Å². The second-order valence-electron chi connectivity index (χ2n) is 3.70. The number of thioether (sulfide) groups is 1. The molecule has 0 radical (unpaired) electrons. The predicted octanol–water partition coefficient (Wildman–Crippen LogP) is 0.539. The Balaban J connectivity index is 1.80. The van der Waals surface area contributed by atoms with Gasteiger partial charge in [0.25, 0.3) is 0 Å². The van der Waals surface area contributed by atoms with Crippen molar-refractivity contribution in [3.05, 3.63) is 6.33 Å². The number of hydrogen-bond donors (Lipinski definition) is 1. The van der Waals surface area contributed by atoms with Crippen LogP contribution in [0.2, 0.25) is 0 Å². The van der Waals surface area contributed by atoms with E-state index in [1.807, 2.05) is 11.6 Å². The number of aliphatic carboxylic acids is 1. The van der Waals surface area contributed by atoms with Crippen LogP contribution >= 0.6 is 11.8 Å². The van der Waals surface area contributed by atoms with Gasteiger partial charge in [-0.15, -0.1) is 10.2 Å². The van der Waals surface area contributed by atoms with Crippen molar-refractivity contribution in [2.24, 2.45) is 7.05 Å². The number of hydrogen-bond acceptors (Lipinski definition) is 5. The van der Waals surface area contributed by atoms with Crippen molar-refractivity contribution in [3.8, 4) is 0 Å². The maximum Gasteiger partial charge on any atom is 0.332 e. The molecule has 2 heterocycles. The zero-order valence-electron chi connectivity index (χ0n) is 8.87. The predicted molar refractivity (Wildman–Crippen MR) is 57.3 cm³/mol. The monoisotopic (exact) mass is 243 g/mol. The van der Waals surface area contributed by atoms with Crippen LogP contribution < -0.4 is 0 Å². The lowest BCUT2D eigenvalue weighted by Crippen LogP contribution is -2.21. The highest BCUT2D eigenvalue weighted by Gasteiger charge is 2.30. The first-order valence-corrected chi connectivity index (χ1v) is 6.00. The van der Waals surface area contributed by atoms with Gasteiger partial charge in [-0.25, -0.2) is 4.79 Å². The van der Waals surface area contributed by atoms with Crippen molar-refractivity contribution < 1.29 is 14.6 Å². The fraction of sp³-hybridized carbons (Fsp3) is 0.667. The zero-order chi connectivity index (χ0) is 11.5. The van der Waals surface area contributed by atoms with Gasteiger partial charge in [0.05, 0.1) is 6.10 Å². The first-order valence-electron chi connectivity index (χ1n) is 5.02. The number of aryl methyl sites for hydroxylation is 1. The Bertz CT molecular complexity index is 382. The molecular weight excluding hydrogens is 230 g/mol. The molecule has 6 nitrogen and oxygen atoms in total. The molecule has 1 N–H and O–H groups in total. The highest BCUT2D eigenvalue weighted by atomic mass is 32.2. The van der Waals surface area contributed by atoms with Gasteiger partial charge >= 0.3 is 5.97 Å². The van der Waals surface area contributed by atoms with Crippen molar-refractivity contribution in [2.75, 3.05) is 5.75 Å². The average Bonchev–Trinajstić information content (AvgIpc) is 2.83. The van der Waals surface area contributed by atoms with Gasteiger partial charge in [-0.05, 0) is 12.8 Å². The molecule has 0 spiro atoms. The molecule has 0 amide bonds. The van der Waals surface area contributed by atoms with E-state index in [-0.39, 0.29) is 6.10 Å². The molecule has 1 aromatic rings. The van der Waals surface area contributed by atoms with Gasteiger partial charge in [0, 0.05) is 12.8 Å². The lowest BCUT2D eigenvalue weighted by molar-refractivity contribution is -0.148. The molecule has 0 aromatic carbocycles. The normalized spacial score (nSPS) is 24.8. The Labute approximate surface area is 97.0 Å². The number of carboxylic acid groups (broad SMARTS) is 1. The molecule has 7 heteroatoms. The van der Waals surface area contributed by atoms with Crippen LogP contribution in [0.25, 0.3) is 0 Å². The largest absolute Gasteiger partial charge is 0.479 e. The third kappa shape index (κ3) is 2.53. The third-order valence-corrected chi connectivity index (χ3v) is 3.62. The van der Waals surface area contributed by atoms with Crippen LogP contribution in [-0.4, -0.2) is 43.8 Å². The van der Waals surface area contributed by atoms with Crippen LogP contribution in [0, 0.1) is 0 Å². The maximum atomic E-state index is 10.7. The lowest BCUT2D eigenvalue weighted by Gasteiger charge is -2.09. The van der Waals surface area contributed by atoms with Gasteiger partial charge in [0.15, 0.2) is 11.3 Å². The van der Waals surface area contributed by atoms with Crippen LogP contribution in [0.15, 0.2) is 11.5 Å². The summed E-state index contributed by atoms with van der Waals surface area (Å²) in [6.45, 7) is 0. The second-order valence-corrected chi connectivity index (χ2v) is 4.68. The van der Waals surface area contributed by atoms with Gasteiger partial charge in [0.2, 0.25) is 0 Å². The third-order valence-electron chi connectivity index (χ3n) is 2.45. The number of nitrogens with zero attached hydrogens (tertiary/aromatic N) is 3. The summed E-state index contributed by atoms with van der Waals surface area (Å²) in [5.41, 5.74) is 0. The van der Waals surface area contributed by atoms with Gasteiger partial charge in [-0.3, -0.25) is 0 Å². The van der Waals surface area contributed by atoms with E-state index < -0.39 is 12.1 Å². The molecule has 0 aliphatic carbocycles. The van der Waals surface area contributed by atoms with E-state index in [0.717, 1.165) is 17.3 Å². The molecule has 2 unspecified atom stereocenters. The Hall–Kier alpha value is -1.08. The Morgan fingerprint density at radius 2 is 2.56 bits per heavy atom. The summed E-state index contributed by atoms with van der Waals surface area (Å²) >= 11 is 1.54. The first kappa shape index (κ1) is 11.4. The van der Waals surface area contributed by atoms with E-state index in [1.54, 1.807) is 6.33 Å². The van der Waals surface area contributed by atoms with E-state index in [4.69, 9.17) is 9.84 Å². The quantitative estimate of drug-likeness (QED) is 0.778. The minimum absolute atomic E-state index is 0.00259. The second kappa shape index (κ2) is 4.84. The van der Waals surface area contributed by atoms with Crippen molar-refractivity contribution in [3.63, 3.8) is 0 Å². The SMILES string of the molecule is Cn1cnnc1SCC1CCC(C(=O)O)O1. The molecule has 1 fully saturated rings. The maximum absolute atomic E-state index is 10.7. The molecule has 1 aliphatic rings. The molecule has 16 heavy (non-hydrogen) atoms. The average molecular weight is 243 g/mol. The lowest BCUT2D eigenvalue weighted by atomic mass is 10.2. The van der Waals surface area contributed by atoms with Crippen molar-refractivity contribution in [1.29, 1.82) is 0 Å². The van der Waals surface area contributed by atoms with Crippen molar-refractivity contribution in [2.45, 2.75) is 30.2 Å². The van der Waals surface area contributed by atoms with E-state index in [1.165, 1.54) is 11.8 Å². The van der Waals surface area contributed by atoms with Crippen LogP contribution in [0.1, 0.15) is 12.8 Å². The molecule has 88 valence electrons. The number of carboxylic acids is 1. The van der Waals surface area contributed by atoms with Gasteiger partial charge in [0.1, 0.15) is 6.33 Å². The molecule has 1 saturated heterocycles. The topological polar surface area (TPSA) is 77.2 Å². The number of rotatable bonds is 4. The van der Waals surface area contributed by atoms with Crippen LogP contribution in [0.5, 0.6) is 0 Å². The van der Waals surface area contributed by atoms with Crippen molar-refractivity contribution in [1.82, 2.24) is 14.8 Å². The van der Waals surface area contributed by atoms with Crippen molar-refractivity contribution >= 4 is 17.7 Å².